The van der Waals surface area contributed by atoms with E-state index < -0.39 is 24.4 Å². The summed E-state index contributed by atoms with van der Waals surface area (Å²) < 4.78 is 46.3. The molecular weight excluding hydrogens is 592 g/mol. The van der Waals surface area contributed by atoms with Crippen LogP contribution >= 0.6 is 11.6 Å². The highest BCUT2D eigenvalue weighted by molar-refractivity contribution is 6.31. The Kier molecular flexibility index (Phi) is 8.68. The minimum atomic E-state index is -2.91. The molecule has 2 aliphatic rings. The number of carbonyl (C=O) groups is 1. The fourth-order valence-corrected chi connectivity index (χ4v) is 6.46. The van der Waals surface area contributed by atoms with Crippen LogP contribution in [-0.4, -0.2) is 67.3 Å². The number of carbonyl (C=O) groups excluding carboxylic acids is 1. The van der Waals surface area contributed by atoms with Crippen LogP contribution in [0, 0.1) is 5.92 Å². The molecule has 0 saturated carbocycles. The van der Waals surface area contributed by atoms with Crippen molar-refractivity contribution in [1.29, 1.82) is 0 Å². The topological polar surface area (TPSA) is 93.3 Å². The molecule has 2 aromatic heterocycles. The van der Waals surface area contributed by atoms with Crippen LogP contribution < -0.4 is 9.80 Å². The number of ether oxygens (including phenoxy) is 2. The van der Waals surface area contributed by atoms with Crippen molar-refractivity contribution in [2.75, 3.05) is 36.6 Å². The van der Waals surface area contributed by atoms with Crippen molar-refractivity contribution in [2.24, 2.45) is 10.9 Å². The predicted molar refractivity (Wildman–Crippen MR) is 166 cm³/mol. The summed E-state index contributed by atoms with van der Waals surface area (Å²) in [7, 11) is 1.67. The van der Waals surface area contributed by atoms with Crippen molar-refractivity contribution >= 4 is 57.5 Å². The fraction of sp³-hybridized carbons (Fsp3) is 0.438. The number of hydrogen-bond donors (Lipinski definition) is 0. The van der Waals surface area contributed by atoms with E-state index >= 15 is 0 Å². The number of aryl methyl sites for hydroxylation is 1. The third-order valence-corrected chi connectivity index (χ3v) is 8.80. The number of anilines is 2. The summed E-state index contributed by atoms with van der Waals surface area (Å²) >= 11 is 6.47. The summed E-state index contributed by atoms with van der Waals surface area (Å²) in [6.07, 6.45) is -0.784. The fourth-order valence-electron chi connectivity index (χ4n) is 6.21. The zero-order valence-electron chi connectivity index (χ0n) is 24.8. The summed E-state index contributed by atoms with van der Waals surface area (Å²) in [4.78, 5) is 29.0. The lowest BCUT2D eigenvalue weighted by atomic mass is 9.95. The number of amidine groups is 1. The Hall–Kier alpha value is -3.83. The van der Waals surface area contributed by atoms with E-state index in [0.717, 1.165) is 30.4 Å². The Labute approximate surface area is 258 Å². The van der Waals surface area contributed by atoms with Gasteiger partial charge in [0.1, 0.15) is 23.5 Å². The molecule has 12 heteroatoms. The van der Waals surface area contributed by atoms with Crippen LogP contribution in [0.15, 0.2) is 51.9 Å². The first-order chi connectivity index (χ1) is 21.3. The molecule has 232 valence electrons. The first-order valence-electron chi connectivity index (χ1n) is 14.8. The van der Waals surface area contributed by atoms with Gasteiger partial charge in [-0.15, -0.1) is 0 Å². The van der Waals surface area contributed by atoms with Gasteiger partial charge in [0.25, 0.3) is 12.4 Å². The predicted octanol–water partition coefficient (Wildman–Crippen LogP) is 6.61. The van der Waals surface area contributed by atoms with E-state index in [4.69, 9.17) is 25.5 Å². The summed E-state index contributed by atoms with van der Waals surface area (Å²) in [5.74, 6) is -0.305. The number of rotatable bonds is 7. The first-order valence-corrected chi connectivity index (χ1v) is 15.2. The van der Waals surface area contributed by atoms with E-state index in [-0.39, 0.29) is 35.4 Å². The van der Waals surface area contributed by atoms with Gasteiger partial charge in [-0.05, 0) is 48.7 Å². The zero-order chi connectivity index (χ0) is 31.0. The smallest absolute Gasteiger partial charge is 0.297 e. The molecule has 0 radical (unpaired) electrons. The lowest BCUT2D eigenvalue weighted by Crippen LogP contribution is -2.50. The number of alkyl halides is 2. The van der Waals surface area contributed by atoms with Crippen LogP contribution in [0.25, 0.3) is 22.1 Å². The van der Waals surface area contributed by atoms with Gasteiger partial charge in [-0.3, -0.25) is 4.90 Å². The van der Waals surface area contributed by atoms with Gasteiger partial charge in [0.05, 0.1) is 19.2 Å². The van der Waals surface area contributed by atoms with Crippen molar-refractivity contribution in [2.45, 2.75) is 57.7 Å². The average Bonchev–Trinajstić information content (AvgIpc) is 3.62. The first kappa shape index (κ1) is 30.2. The molecule has 4 atom stereocenters. The number of furan rings is 1. The van der Waals surface area contributed by atoms with Crippen LogP contribution in [0.4, 0.5) is 20.3 Å². The average molecular weight is 626 g/mol. The number of benzene rings is 2. The second-order valence-corrected chi connectivity index (χ2v) is 11.6. The third-order valence-electron chi connectivity index (χ3n) is 8.43. The monoisotopic (exact) mass is 625 g/mol. The van der Waals surface area contributed by atoms with Crippen LogP contribution in [0.1, 0.15) is 44.5 Å². The standard InChI is InChI=1S/C32H34ClF2N5O4/c1-4-19-13-20(9-10-24(19)33)40(25-11-12-42-17-18(25)2)32(36-3)43-22-14-21(16-41)39(15-22)31-28-27(37-30(38-31)29(34)35)23-7-5-6-8-26(23)44-28/h5-10,13,16,18,21-22,25,29H,4,11-12,14-15,17H2,1-3H3/t18-,21-,22-,25?/m0/s1. The Bertz CT molecular complexity index is 1700. The molecule has 44 heavy (non-hydrogen) atoms. The van der Waals surface area contributed by atoms with E-state index in [1.165, 1.54) is 0 Å². The second-order valence-electron chi connectivity index (χ2n) is 11.2. The number of para-hydroxylation sites is 1. The van der Waals surface area contributed by atoms with E-state index in [1.54, 1.807) is 36.2 Å². The minimum Gasteiger partial charge on any atom is -0.460 e. The third kappa shape index (κ3) is 5.59. The minimum absolute atomic E-state index is 0.0401. The lowest BCUT2D eigenvalue weighted by molar-refractivity contribution is -0.108. The number of aromatic nitrogens is 2. The summed E-state index contributed by atoms with van der Waals surface area (Å²) in [6.45, 7) is 5.59. The molecule has 0 bridgehead atoms. The maximum absolute atomic E-state index is 14.0. The van der Waals surface area contributed by atoms with Crippen molar-refractivity contribution in [1.82, 2.24) is 9.97 Å². The maximum Gasteiger partial charge on any atom is 0.297 e. The molecule has 6 rings (SSSR count). The van der Waals surface area contributed by atoms with Crippen molar-refractivity contribution in [3.8, 4) is 0 Å². The van der Waals surface area contributed by atoms with Crippen LogP contribution in [0.2, 0.25) is 5.02 Å². The molecule has 2 aromatic carbocycles. The largest absolute Gasteiger partial charge is 0.460 e. The molecule has 2 fully saturated rings. The number of aldehydes is 1. The van der Waals surface area contributed by atoms with Gasteiger partial charge < -0.3 is 23.6 Å². The normalized spacial score (nSPS) is 22.7. The van der Waals surface area contributed by atoms with E-state index in [9.17, 15) is 13.6 Å². The van der Waals surface area contributed by atoms with Crippen molar-refractivity contribution in [3.05, 3.63) is 58.9 Å². The SMILES string of the molecule is CCc1cc(N(C(=NC)O[C@H]2C[C@@H](C=O)N(c3nc(C(F)F)nc4c3oc3ccccc34)C2)C2CCOC[C@@H]2C)ccc1Cl. The second kappa shape index (κ2) is 12.6. The molecule has 0 spiro atoms. The maximum atomic E-state index is 14.0. The highest BCUT2D eigenvalue weighted by Crippen LogP contribution is 2.38. The molecule has 9 nitrogen and oxygen atoms in total. The Morgan fingerprint density at radius 3 is 2.82 bits per heavy atom. The number of nitrogens with zero attached hydrogens (tertiary/aromatic N) is 5. The van der Waals surface area contributed by atoms with Gasteiger partial charge in [0.2, 0.25) is 0 Å². The Morgan fingerprint density at radius 2 is 2.09 bits per heavy atom. The molecule has 0 N–H and O–H groups in total. The Morgan fingerprint density at radius 1 is 1.27 bits per heavy atom. The van der Waals surface area contributed by atoms with Gasteiger partial charge >= 0.3 is 0 Å². The zero-order valence-corrected chi connectivity index (χ0v) is 25.5. The highest BCUT2D eigenvalue weighted by Gasteiger charge is 2.40. The van der Waals surface area contributed by atoms with Gasteiger partial charge in [-0.2, -0.15) is 0 Å². The molecule has 0 amide bonds. The van der Waals surface area contributed by atoms with Gasteiger partial charge in [-0.1, -0.05) is 37.6 Å². The molecular formula is C32H34ClF2N5O4. The summed E-state index contributed by atoms with van der Waals surface area (Å²) in [6, 6.07) is 12.7. The lowest BCUT2D eigenvalue weighted by Gasteiger charge is -2.40. The molecule has 0 aliphatic carbocycles. The number of aliphatic imine (C=N–C) groups is 1. The van der Waals surface area contributed by atoms with Crippen molar-refractivity contribution in [3.63, 3.8) is 0 Å². The molecule has 1 unspecified atom stereocenters. The van der Waals surface area contributed by atoms with Gasteiger partial charge in [-0.25, -0.2) is 23.7 Å². The van der Waals surface area contributed by atoms with Gasteiger partial charge in [0.15, 0.2) is 17.2 Å². The quantitative estimate of drug-likeness (QED) is 0.129. The molecule has 4 aromatic rings. The summed E-state index contributed by atoms with van der Waals surface area (Å²) in [5, 5.41) is 1.29. The molecule has 2 aliphatic heterocycles. The van der Waals surface area contributed by atoms with Crippen molar-refractivity contribution < 1.29 is 27.5 Å². The van der Waals surface area contributed by atoms with E-state index in [2.05, 4.69) is 39.8 Å². The van der Waals surface area contributed by atoms with Crippen LogP contribution in [0.5, 0.6) is 0 Å². The van der Waals surface area contributed by atoms with Crippen LogP contribution in [0.3, 0.4) is 0 Å². The van der Waals surface area contributed by atoms with E-state index in [1.807, 2.05) is 12.1 Å². The number of hydrogen-bond acceptors (Lipinski definition) is 8. The van der Waals surface area contributed by atoms with Crippen LogP contribution in [-0.2, 0) is 20.7 Å². The molecule has 4 heterocycles. The number of fused-ring (bicyclic) bond motifs is 3. The van der Waals surface area contributed by atoms with Gasteiger partial charge in [0, 0.05) is 48.1 Å². The Balaban J connectivity index is 1.35. The highest BCUT2D eigenvalue weighted by atomic mass is 35.5. The summed E-state index contributed by atoms with van der Waals surface area (Å²) in [5.41, 5.74) is 2.92. The number of halogens is 3. The molecule has 2 saturated heterocycles. The van der Waals surface area contributed by atoms with E-state index in [0.29, 0.717) is 41.6 Å².